The van der Waals surface area contributed by atoms with Crippen molar-refractivity contribution >= 4 is 22.9 Å². The standard InChI is InChI=1S/C15H18N6/c1-9-4-6-11(7-5-9)10(2)19-14-12-13(18-8-17-12)20-15(16-3)21-14/h4-8,10H,1-3H3,(H3,16,17,18,19,20,21). The van der Waals surface area contributed by atoms with E-state index in [2.05, 4.69) is 68.7 Å². The van der Waals surface area contributed by atoms with Gasteiger partial charge in [-0.25, -0.2) is 4.98 Å². The van der Waals surface area contributed by atoms with Crippen LogP contribution < -0.4 is 10.6 Å². The molecule has 0 amide bonds. The molecule has 3 N–H and O–H groups in total. The molecule has 0 spiro atoms. The van der Waals surface area contributed by atoms with Gasteiger partial charge in [-0.1, -0.05) is 29.8 Å². The van der Waals surface area contributed by atoms with Gasteiger partial charge in [0.2, 0.25) is 5.95 Å². The third-order valence-electron chi connectivity index (χ3n) is 3.44. The third-order valence-corrected chi connectivity index (χ3v) is 3.44. The number of hydrogen-bond acceptors (Lipinski definition) is 5. The number of nitrogens with zero attached hydrogens (tertiary/aromatic N) is 3. The number of aromatic nitrogens is 4. The van der Waals surface area contributed by atoms with Crippen LogP contribution in [0.2, 0.25) is 0 Å². The summed E-state index contributed by atoms with van der Waals surface area (Å²) in [4.78, 5) is 16.0. The first-order valence-electron chi connectivity index (χ1n) is 6.89. The molecular formula is C15H18N6. The van der Waals surface area contributed by atoms with Crippen molar-refractivity contribution in [3.05, 3.63) is 41.7 Å². The third kappa shape index (κ3) is 2.65. The number of benzene rings is 1. The molecular weight excluding hydrogens is 264 g/mol. The quantitative estimate of drug-likeness (QED) is 0.685. The normalized spacial score (nSPS) is 12.3. The van der Waals surface area contributed by atoms with Gasteiger partial charge in [0.25, 0.3) is 0 Å². The van der Waals surface area contributed by atoms with Crippen molar-refractivity contribution in [3.8, 4) is 0 Å². The lowest BCUT2D eigenvalue weighted by molar-refractivity contribution is 0.874. The zero-order valence-electron chi connectivity index (χ0n) is 12.3. The van der Waals surface area contributed by atoms with E-state index in [1.54, 1.807) is 13.4 Å². The van der Waals surface area contributed by atoms with Crippen molar-refractivity contribution in [2.45, 2.75) is 19.9 Å². The number of rotatable bonds is 4. The van der Waals surface area contributed by atoms with E-state index in [-0.39, 0.29) is 6.04 Å². The Labute approximate surface area is 123 Å². The number of nitrogens with one attached hydrogen (secondary N) is 3. The highest BCUT2D eigenvalue weighted by atomic mass is 15.2. The molecule has 0 bridgehead atoms. The maximum atomic E-state index is 4.47. The number of H-pyrrole nitrogens is 1. The number of imidazole rings is 1. The van der Waals surface area contributed by atoms with Crippen LogP contribution in [0.25, 0.3) is 11.2 Å². The largest absolute Gasteiger partial charge is 0.362 e. The molecule has 3 rings (SSSR count). The fraction of sp³-hybridized carbons (Fsp3) is 0.267. The van der Waals surface area contributed by atoms with Crippen molar-refractivity contribution in [2.24, 2.45) is 0 Å². The predicted octanol–water partition coefficient (Wildman–Crippen LogP) is 2.88. The maximum absolute atomic E-state index is 4.47. The Morgan fingerprint density at radius 2 is 1.90 bits per heavy atom. The highest BCUT2D eigenvalue weighted by Gasteiger charge is 2.12. The Morgan fingerprint density at radius 1 is 1.14 bits per heavy atom. The van der Waals surface area contributed by atoms with Gasteiger partial charge in [0.05, 0.1) is 12.4 Å². The van der Waals surface area contributed by atoms with E-state index >= 15 is 0 Å². The molecule has 108 valence electrons. The van der Waals surface area contributed by atoms with E-state index in [4.69, 9.17) is 0 Å². The molecule has 0 fully saturated rings. The van der Waals surface area contributed by atoms with Crippen LogP contribution in [0.15, 0.2) is 30.6 Å². The lowest BCUT2D eigenvalue weighted by atomic mass is 10.1. The first-order chi connectivity index (χ1) is 10.2. The lowest BCUT2D eigenvalue weighted by Crippen LogP contribution is -2.10. The van der Waals surface area contributed by atoms with Crippen LogP contribution in [-0.4, -0.2) is 27.0 Å². The van der Waals surface area contributed by atoms with E-state index in [9.17, 15) is 0 Å². The van der Waals surface area contributed by atoms with E-state index in [0.717, 1.165) is 11.3 Å². The monoisotopic (exact) mass is 282 g/mol. The van der Waals surface area contributed by atoms with Gasteiger partial charge in [-0.3, -0.25) is 0 Å². The Hall–Kier alpha value is -2.63. The van der Waals surface area contributed by atoms with E-state index in [1.807, 2.05) is 0 Å². The zero-order valence-corrected chi connectivity index (χ0v) is 12.3. The predicted molar refractivity (Wildman–Crippen MR) is 84.4 cm³/mol. The number of anilines is 2. The molecule has 1 unspecified atom stereocenters. The van der Waals surface area contributed by atoms with Gasteiger partial charge < -0.3 is 15.6 Å². The highest BCUT2D eigenvalue weighted by molar-refractivity contribution is 5.83. The molecule has 2 aromatic heterocycles. The molecule has 0 aliphatic carbocycles. The minimum atomic E-state index is 0.136. The van der Waals surface area contributed by atoms with Crippen LogP contribution in [-0.2, 0) is 0 Å². The van der Waals surface area contributed by atoms with Crippen molar-refractivity contribution in [2.75, 3.05) is 17.7 Å². The fourth-order valence-electron chi connectivity index (χ4n) is 2.19. The SMILES string of the molecule is CNc1nc(NC(C)c2ccc(C)cc2)c2[nH]cnc2n1. The van der Waals surface area contributed by atoms with Crippen LogP contribution in [0, 0.1) is 6.92 Å². The first-order valence-corrected chi connectivity index (χ1v) is 6.89. The molecule has 6 heteroatoms. The first kappa shape index (κ1) is 13.4. The van der Waals surface area contributed by atoms with Crippen LogP contribution in [0.3, 0.4) is 0 Å². The zero-order chi connectivity index (χ0) is 14.8. The van der Waals surface area contributed by atoms with E-state index in [0.29, 0.717) is 11.6 Å². The molecule has 0 aliphatic rings. The number of hydrogen-bond donors (Lipinski definition) is 3. The minimum Gasteiger partial charge on any atom is -0.362 e. The summed E-state index contributed by atoms with van der Waals surface area (Å²) in [6.45, 7) is 4.19. The molecule has 2 heterocycles. The summed E-state index contributed by atoms with van der Waals surface area (Å²) in [5, 5.41) is 6.37. The average molecular weight is 282 g/mol. The second-order valence-corrected chi connectivity index (χ2v) is 5.02. The molecule has 0 saturated carbocycles. The number of fused-ring (bicyclic) bond motifs is 1. The second-order valence-electron chi connectivity index (χ2n) is 5.02. The Bertz CT molecular complexity index is 746. The summed E-state index contributed by atoms with van der Waals surface area (Å²) in [6, 6.07) is 8.60. The Morgan fingerprint density at radius 3 is 2.62 bits per heavy atom. The summed E-state index contributed by atoms with van der Waals surface area (Å²) in [5.74, 6) is 1.29. The van der Waals surface area contributed by atoms with Crippen LogP contribution in [0.1, 0.15) is 24.1 Å². The summed E-state index contributed by atoms with van der Waals surface area (Å²) >= 11 is 0. The Kier molecular flexibility index (Phi) is 3.43. The summed E-state index contributed by atoms with van der Waals surface area (Å²) in [7, 11) is 1.79. The number of aryl methyl sites for hydroxylation is 1. The summed E-state index contributed by atoms with van der Waals surface area (Å²) in [5.41, 5.74) is 3.92. The van der Waals surface area contributed by atoms with Crippen molar-refractivity contribution in [3.63, 3.8) is 0 Å². The van der Waals surface area contributed by atoms with Gasteiger partial charge >= 0.3 is 0 Å². The van der Waals surface area contributed by atoms with Gasteiger partial charge in [0, 0.05) is 7.05 Å². The smallest absolute Gasteiger partial charge is 0.226 e. The minimum absolute atomic E-state index is 0.136. The second kappa shape index (κ2) is 5.40. The van der Waals surface area contributed by atoms with Gasteiger partial charge in [-0.15, -0.1) is 0 Å². The Balaban J connectivity index is 1.93. The average Bonchev–Trinajstić information content (AvgIpc) is 2.96. The van der Waals surface area contributed by atoms with Crippen molar-refractivity contribution in [1.29, 1.82) is 0 Å². The molecule has 3 aromatic rings. The molecule has 1 aromatic carbocycles. The van der Waals surface area contributed by atoms with Gasteiger partial charge in [0.15, 0.2) is 11.5 Å². The summed E-state index contributed by atoms with van der Waals surface area (Å²) in [6.07, 6.45) is 1.63. The fourth-order valence-corrected chi connectivity index (χ4v) is 2.19. The van der Waals surface area contributed by atoms with Gasteiger partial charge in [-0.05, 0) is 19.4 Å². The molecule has 21 heavy (non-hydrogen) atoms. The molecule has 0 radical (unpaired) electrons. The maximum Gasteiger partial charge on any atom is 0.226 e. The molecule has 0 saturated heterocycles. The molecule has 6 nitrogen and oxygen atoms in total. The topological polar surface area (TPSA) is 78.5 Å². The van der Waals surface area contributed by atoms with Gasteiger partial charge in [-0.2, -0.15) is 9.97 Å². The molecule has 0 aliphatic heterocycles. The highest BCUT2D eigenvalue weighted by Crippen LogP contribution is 2.24. The number of aromatic amines is 1. The lowest BCUT2D eigenvalue weighted by Gasteiger charge is -2.16. The van der Waals surface area contributed by atoms with Crippen LogP contribution in [0.4, 0.5) is 11.8 Å². The van der Waals surface area contributed by atoms with Crippen molar-refractivity contribution in [1.82, 2.24) is 19.9 Å². The van der Waals surface area contributed by atoms with Crippen molar-refractivity contribution < 1.29 is 0 Å². The van der Waals surface area contributed by atoms with E-state index < -0.39 is 0 Å². The van der Waals surface area contributed by atoms with E-state index in [1.165, 1.54) is 11.1 Å². The van der Waals surface area contributed by atoms with Gasteiger partial charge in [0.1, 0.15) is 5.52 Å². The summed E-state index contributed by atoms with van der Waals surface area (Å²) < 4.78 is 0. The van der Waals surface area contributed by atoms with Crippen LogP contribution >= 0.6 is 0 Å². The van der Waals surface area contributed by atoms with Crippen LogP contribution in [0.5, 0.6) is 0 Å². The molecule has 1 atom stereocenters.